The lowest BCUT2D eigenvalue weighted by molar-refractivity contribution is 0.100. The van der Waals surface area contributed by atoms with E-state index in [4.69, 9.17) is 10.5 Å². The Morgan fingerprint density at radius 1 is 1.60 bits per heavy atom. The van der Waals surface area contributed by atoms with Crippen LogP contribution >= 0.6 is 0 Å². The molecule has 1 atom stereocenters. The molecule has 2 N–H and O–H groups in total. The van der Waals surface area contributed by atoms with Crippen LogP contribution in [0, 0.1) is 0 Å². The molecule has 0 spiro atoms. The predicted octanol–water partition coefficient (Wildman–Crippen LogP) is 0.383. The summed E-state index contributed by atoms with van der Waals surface area (Å²) in [5.41, 5.74) is 5.50. The molecular weight excluding hydrogens is 128 g/mol. The van der Waals surface area contributed by atoms with Crippen LogP contribution in [0.3, 0.4) is 0 Å². The molecule has 0 saturated heterocycles. The van der Waals surface area contributed by atoms with Crippen molar-refractivity contribution in [3.05, 3.63) is 12.3 Å². The van der Waals surface area contributed by atoms with E-state index in [1.165, 1.54) is 0 Å². The highest BCUT2D eigenvalue weighted by molar-refractivity contribution is 4.84. The lowest BCUT2D eigenvalue weighted by atomic mass is 10.5. The van der Waals surface area contributed by atoms with E-state index in [2.05, 4.69) is 0 Å². The fraction of sp³-hybridized carbons (Fsp3) is 0.714. The zero-order chi connectivity index (χ0) is 7.98. The number of hydrogen-bond acceptors (Lipinski definition) is 3. The van der Waals surface area contributed by atoms with Gasteiger partial charge in [-0.1, -0.05) is 0 Å². The Kier molecular flexibility index (Phi) is 4.98. The summed E-state index contributed by atoms with van der Waals surface area (Å²) in [6.45, 7) is 2.57. The smallest absolute Gasteiger partial charge is 0.126 e. The fourth-order valence-corrected chi connectivity index (χ4v) is 0.505. The molecule has 0 aromatic carbocycles. The van der Waals surface area contributed by atoms with Crippen molar-refractivity contribution in [1.82, 2.24) is 4.90 Å². The van der Waals surface area contributed by atoms with Gasteiger partial charge in [0, 0.05) is 20.7 Å². The molecule has 0 aliphatic rings. The molecule has 0 rings (SSSR count). The first-order valence-electron chi connectivity index (χ1n) is 3.38. The molecule has 0 radical (unpaired) electrons. The van der Waals surface area contributed by atoms with Gasteiger partial charge in [-0.2, -0.15) is 0 Å². The minimum Gasteiger partial charge on any atom is -0.384 e. The Balaban J connectivity index is 3.45. The normalized spacial score (nSPS) is 14.0. The van der Waals surface area contributed by atoms with Crippen molar-refractivity contribution in [2.24, 2.45) is 5.73 Å². The third kappa shape index (κ3) is 5.59. The maximum atomic E-state index is 5.50. The summed E-state index contributed by atoms with van der Waals surface area (Å²) in [7, 11) is 3.88. The van der Waals surface area contributed by atoms with Gasteiger partial charge in [0.15, 0.2) is 0 Å². The monoisotopic (exact) mass is 144 g/mol. The summed E-state index contributed by atoms with van der Waals surface area (Å²) in [4.78, 5) is 1.92. The first-order chi connectivity index (χ1) is 4.66. The summed E-state index contributed by atoms with van der Waals surface area (Å²) in [5.74, 6) is 0. The van der Waals surface area contributed by atoms with Crippen molar-refractivity contribution >= 4 is 0 Å². The molecule has 3 heteroatoms. The van der Waals surface area contributed by atoms with E-state index in [-0.39, 0.29) is 6.23 Å². The van der Waals surface area contributed by atoms with E-state index in [9.17, 15) is 0 Å². The Morgan fingerprint density at radius 3 is 2.60 bits per heavy atom. The zero-order valence-electron chi connectivity index (χ0n) is 6.87. The molecule has 60 valence electrons. The molecular formula is C7H16N2O. The molecule has 0 saturated carbocycles. The number of nitrogens with zero attached hydrogens (tertiary/aromatic N) is 1. The van der Waals surface area contributed by atoms with Crippen LogP contribution < -0.4 is 5.73 Å². The Bertz CT molecular complexity index is 102. The average molecular weight is 144 g/mol. The van der Waals surface area contributed by atoms with Gasteiger partial charge in [0.05, 0.1) is 0 Å². The average Bonchev–Trinajstić information content (AvgIpc) is 1.85. The largest absolute Gasteiger partial charge is 0.384 e. The van der Waals surface area contributed by atoms with Crippen LogP contribution in [0.2, 0.25) is 0 Å². The quantitative estimate of drug-likeness (QED) is 0.580. The minimum absolute atomic E-state index is 0.271. The third-order valence-corrected chi connectivity index (χ3v) is 0.933. The van der Waals surface area contributed by atoms with Crippen molar-refractivity contribution in [3.8, 4) is 0 Å². The van der Waals surface area contributed by atoms with Crippen LogP contribution in [-0.4, -0.2) is 31.8 Å². The van der Waals surface area contributed by atoms with Gasteiger partial charge in [-0.15, -0.1) is 0 Å². The Labute approximate surface area is 62.5 Å². The Hall–Kier alpha value is -0.540. The van der Waals surface area contributed by atoms with Gasteiger partial charge in [-0.05, 0) is 19.2 Å². The maximum Gasteiger partial charge on any atom is 0.126 e. The van der Waals surface area contributed by atoms with Crippen molar-refractivity contribution in [1.29, 1.82) is 0 Å². The molecule has 3 nitrogen and oxygen atoms in total. The van der Waals surface area contributed by atoms with Crippen molar-refractivity contribution in [2.75, 3.05) is 20.7 Å². The van der Waals surface area contributed by atoms with Gasteiger partial charge in [0.2, 0.25) is 0 Å². The van der Waals surface area contributed by atoms with Crippen LogP contribution in [0.15, 0.2) is 12.3 Å². The van der Waals surface area contributed by atoms with Gasteiger partial charge in [0.25, 0.3) is 0 Å². The van der Waals surface area contributed by atoms with Crippen LogP contribution in [0.5, 0.6) is 0 Å². The topological polar surface area (TPSA) is 38.5 Å². The molecule has 0 aromatic rings. The number of hydrogen-bond donors (Lipinski definition) is 1. The van der Waals surface area contributed by atoms with Gasteiger partial charge in [-0.25, -0.2) is 0 Å². The third-order valence-electron chi connectivity index (χ3n) is 0.933. The molecule has 0 aliphatic heterocycles. The van der Waals surface area contributed by atoms with Gasteiger partial charge in [-0.3, -0.25) is 0 Å². The lowest BCUT2D eigenvalue weighted by Gasteiger charge is -2.08. The van der Waals surface area contributed by atoms with E-state index in [1.54, 1.807) is 0 Å². The van der Waals surface area contributed by atoms with Crippen LogP contribution in [0.1, 0.15) is 6.92 Å². The summed E-state index contributed by atoms with van der Waals surface area (Å²) >= 11 is 0. The summed E-state index contributed by atoms with van der Waals surface area (Å²) in [6, 6.07) is 0. The second-order valence-corrected chi connectivity index (χ2v) is 2.23. The van der Waals surface area contributed by atoms with Crippen molar-refractivity contribution in [3.63, 3.8) is 0 Å². The molecule has 0 aromatic heterocycles. The first kappa shape index (κ1) is 9.46. The standard InChI is InChI=1S/C7H16N2O/c1-4-10-7(8)5-6-9(2)3/h5-7H,4,8H2,1-3H3/b6-5+. The van der Waals surface area contributed by atoms with Gasteiger partial charge in [0.1, 0.15) is 6.23 Å². The zero-order valence-corrected chi connectivity index (χ0v) is 6.87. The summed E-state index contributed by atoms with van der Waals surface area (Å²) in [6.07, 6.45) is 3.41. The maximum absolute atomic E-state index is 5.50. The van der Waals surface area contributed by atoms with Crippen molar-refractivity contribution < 1.29 is 4.74 Å². The minimum atomic E-state index is -0.271. The van der Waals surface area contributed by atoms with Crippen LogP contribution in [0.4, 0.5) is 0 Å². The molecule has 1 unspecified atom stereocenters. The van der Waals surface area contributed by atoms with E-state index < -0.39 is 0 Å². The van der Waals surface area contributed by atoms with Gasteiger partial charge >= 0.3 is 0 Å². The van der Waals surface area contributed by atoms with E-state index >= 15 is 0 Å². The van der Waals surface area contributed by atoms with E-state index in [0.717, 1.165) is 0 Å². The van der Waals surface area contributed by atoms with Gasteiger partial charge < -0.3 is 15.4 Å². The number of ether oxygens (including phenoxy) is 1. The number of rotatable bonds is 4. The number of nitrogens with two attached hydrogens (primary N) is 1. The summed E-state index contributed by atoms with van der Waals surface area (Å²) in [5, 5.41) is 0. The molecule has 0 fully saturated rings. The molecule has 10 heavy (non-hydrogen) atoms. The Morgan fingerprint density at radius 2 is 2.20 bits per heavy atom. The second-order valence-electron chi connectivity index (χ2n) is 2.23. The molecule has 0 aliphatic carbocycles. The van der Waals surface area contributed by atoms with Crippen LogP contribution in [0.25, 0.3) is 0 Å². The van der Waals surface area contributed by atoms with E-state index in [0.29, 0.717) is 6.61 Å². The lowest BCUT2D eigenvalue weighted by Crippen LogP contribution is -2.21. The molecule has 0 heterocycles. The van der Waals surface area contributed by atoms with Crippen molar-refractivity contribution in [2.45, 2.75) is 13.2 Å². The summed E-state index contributed by atoms with van der Waals surface area (Å²) < 4.78 is 5.06. The highest BCUT2D eigenvalue weighted by Gasteiger charge is 1.91. The van der Waals surface area contributed by atoms with Crippen LogP contribution in [-0.2, 0) is 4.74 Å². The predicted molar refractivity (Wildman–Crippen MR) is 42.4 cm³/mol. The SMILES string of the molecule is CCOC(N)/C=C/N(C)C. The highest BCUT2D eigenvalue weighted by Crippen LogP contribution is 1.86. The molecule has 0 amide bonds. The molecule has 0 bridgehead atoms. The first-order valence-corrected chi connectivity index (χ1v) is 3.38. The second kappa shape index (κ2) is 5.26. The fourth-order valence-electron chi connectivity index (χ4n) is 0.505. The van der Waals surface area contributed by atoms with E-state index in [1.807, 2.05) is 38.2 Å². The highest BCUT2D eigenvalue weighted by atomic mass is 16.5.